The highest BCUT2D eigenvalue weighted by Gasteiger charge is 2.25. The number of rotatable bonds is 7. The number of aliphatic hydroxyl groups excluding tert-OH is 1. The van der Waals surface area contributed by atoms with Crippen LogP contribution in [0.2, 0.25) is 0 Å². The van der Waals surface area contributed by atoms with Gasteiger partial charge in [0.05, 0.1) is 4.92 Å². The molecule has 2 N–H and O–H groups in total. The molecule has 164 valence electrons. The summed E-state index contributed by atoms with van der Waals surface area (Å²) in [6.45, 7) is -1.34. The van der Waals surface area contributed by atoms with Gasteiger partial charge in [0, 0.05) is 35.0 Å². The third-order valence-corrected chi connectivity index (χ3v) is 4.73. The summed E-state index contributed by atoms with van der Waals surface area (Å²) in [6, 6.07) is 15.3. The molecule has 0 bridgehead atoms. The number of nitro benzene ring substituents is 1. The molecule has 3 rings (SSSR count). The summed E-state index contributed by atoms with van der Waals surface area (Å²) in [7, 11) is 0. The van der Waals surface area contributed by atoms with Crippen molar-refractivity contribution in [2.45, 2.75) is 13.5 Å². The summed E-state index contributed by atoms with van der Waals surface area (Å²) in [5.74, 6) is -0.293. The second kappa shape index (κ2) is 9.92. The van der Waals surface area contributed by atoms with Crippen molar-refractivity contribution in [2.24, 2.45) is 0 Å². The van der Waals surface area contributed by atoms with Crippen molar-refractivity contribution in [3.63, 3.8) is 0 Å². The third-order valence-electron chi connectivity index (χ3n) is 4.43. The number of ether oxygens (including phenoxy) is 1. The number of alkyl halides is 2. The molecule has 0 saturated heterocycles. The number of nitrogens with zero attached hydrogens (tertiary/aromatic N) is 2. The largest absolute Gasteiger partial charge is 0.502 e. The van der Waals surface area contributed by atoms with E-state index in [1.165, 1.54) is 36.4 Å². The maximum Gasteiger partial charge on any atom is 0.387 e. The van der Waals surface area contributed by atoms with Crippen LogP contribution >= 0.6 is 12.2 Å². The van der Waals surface area contributed by atoms with E-state index in [0.717, 1.165) is 0 Å². The summed E-state index contributed by atoms with van der Waals surface area (Å²) < 4.78 is 30.6. The molecular formula is C22H18F2N3O4S+. The van der Waals surface area contributed by atoms with Gasteiger partial charge in [0.15, 0.2) is 23.1 Å². The molecule has 0 radical (unpaired) electrons. The molecule has 0 unspecified atom stereocenters. The Balaban J connectivity index is 2.00. The van der Waals surface area contributed by atoms with Gasteiger partial charge in [-0.2, -0.15) is 13.3 Å². The molecule has 0 aliphatic carbocycles. The van der Waals surface area contributed by atoms with E-state index in [1.807, 2.05) is 0 Å². The van der Waals surface area contributed by atoms with Crippen LogP contribution in [0, 0.1) is 17.0 Å². The Morgan fingerprint density at radius 2 is 1.81 bits per heavy atom. The maximum atomic E-state index is 12.3. The molecule has 1 aromatic heterocycles. The van der Waals surface area contributed by atoms with Crippen molar-refractivity contribution in [3.8, 4) is 5.75 Å². The van der Waals surface area contributed by atoms with Gasteiger partial charge in [0.2, 0.25) is 0 Å². The van der Waals surface area contributed by atoms with Gasteiger partial charge in [-0.25, -0.2) is 0 Å². The Labute approximate surface area is 187 Å². The van der Waals surface area contributed by atoms with Gasteiger partial charge in [0.1, 0.15) is 5.75 Å². The van der Waals surface area contributed by atoms with Crippen LogP contribution in [0.4, 0.5) is 20.2 Å². The lowest BCUT2D eigenvalue weighted by Crippen LogP contribution is -2.38. The van der Waals surface area contributed by atoms with E-state index < -0.39 is 11.5 Å². The number of aliphatic hydroxyl groups is 1. The average Bonchev–Trinajstić information content (AvgIpc) is 2.75. The van der Waals surface area contributed by atoms with Crippen molar-refractivity contribution in [2.75, 3.05) is 5.32 Å². The van der Waals surface area contributed by atoms with Crippen LogP contribution in [0.3, 0.4) is 0 Å². The summed E-state index contributed by atoms with van der Waals surface area (Å²) in [5, 5.41) is 25.3. The topological polar surface area (TPSA) is 88.5 Å². The molecular weight excluding hydrogens is 440 g/mol. The molecule has 7 nitrogen and oxygen atoms in total. The molecule has 1 heterocycles. The summed E-state index contributed by atoms with van der Waals surface area (Å²) in [4.78, 5) is 10.9. The second-order valence-electron chi connectivity index (χ2n) is 6.60. The molecule has 0 atom stereocenters. The number of halogens is 2. The first-order chi connectivity index (χ1) is 15.3. The molecule has 0 aliphatic heterocycles. The summed E-state index contributed by atoms with van der Waals surface area (Å²) in [5.41, 5.74) is 1.16. The molecule has 0 fully saturated rings. The van der Waals surface area contributed by atoms with Crippen LogP contribution in [0.5, 0.6) is 5.75 Å². The van der Waals surface area contributed by atoms with Crippen LogP contribution in [-0.2, 0) is 0 Å². The Bertz CT molecular complexity index is 1170. The zero-order valence-electron chi connectivity index (χ0n) is 16.7. The average molecular weight is 458 g/mol. The normalized spacial score (nSPS) is 11.6. The number of pyridine rings is 1. The lowest BCUT2D eigenvalue weighted by molar-refractivity contribution is -0.575. The van der Waals surface area contributed by atoms with Gasteiger partial charge >= 0.3 is 6.61 Å². The monoisotopic (exact) mass is 458 g/mol. The molecule has 0 amide bonds. The van der Waals surface area contributed by atoms with Crippen LogP contribution < -0.4 is 14.6 Å². The minimum Gasteiger partial charge on any atom is -0.502 e. The number of nitrogens with one attached hydrogen (secondary N) is 1. The van der Waals surface area contributed by atoms with Crippen molar-refractivity contribution in [1.82, 2.24) is 0 Å². The molecule has 0 spiro atoms. The van der Waals surface area contributed by atoms with E-state index >= 15 is 0 Å². The number of nitro groups is 1. The Morgan fingerprint density at radius 3 is 2.41 bits per heavy atom. The number of aromatic nitrogens is 1. The highest BCUT2D eigenvalue weighted by molar-refractivity contribution is 7.81. The van der Waals surface area contributed by atoms with E-state index in [0.29, 0.717) is 11.3 Å². The highest BCUT2D eigenvalue weighted by atomic mass is 32.1. The fraction of sp³-hybridized carbons (Fsp3) is 0.0909. The zero-order valence-corrected chi connectivity index (χ0v) is 17.6. The van der Waals surface area contributed by atoms with E-state index in [9.17, 15) is 24.0 Å². The van der Waals surface area contributed by atoms with Gasteiger partial charge < -0.3 is 15.2 Å². The number of benzene rings is 2. The SMILES string of the molecule is Cc1ccc(/C(O)=C(/C(=S)Nc2ccc(OC(F)F)cc2)[n+]2ccccc2)cc1[N+](=O)[O-]. The van der Waals surface area contributed by atoms with Gasteiger partial charge in [-0.15, -0.1) is 0 Å². The number of hydrogen-bond acceptors (Lipinski definition) is 5. The standard InChI is InChI=1S/C22H17F2N3O4S/c1-14-5-6-15(13-18(14)27(29)30)20(28)19(26-11-3-2-4-12-26)21(32)25-16-7-9-17(10-8-16)31-22(23)24/h2-13,22H,1H3,(H-,25,28,32)/p+1. The molecule has 10 heteroatoms. The van der Waals surface area contributed by atoms with E-state index in [2.05, 4.69) is 10.1 Å². The second-order valence-corrected chi connectivity index (χ2v) is 7.00. The fourth-order valence-electron chi connectivity index (χ4n) is 2.89. The number of hydrogen-bond donors (Lipinski definition) is 2. The van der Waals surface area contributed by atoms with Gasteiger partial charge in [-0.05, 0) is 31.2 Å². The lowest BCUT2D eigenvalue weighted by Gasteiger charge is -2.11. The molecule has 0 aliphatic rings. The Hall–Kier alpha value is -3.92. The minimum atomic E-state index is -2.94. The van der Waals surface area contributed by atoms with Crippen LogP contribution in [0.25, 0.3) is 11.5 Å². The smallest absolute Gasteiger partial charge is 0.387 e. The van der Waals surface area contributed by atoms with Crippen molar-refractivity contribution in [3.05, 3.63) is 94.3 Å². The van der Waals surface area contributed by atoms with Crippen LogP contribution in [0.15, 0.2) is 73.1 Å². The minimum absolute atomic E-state index is 0.0144. The predicted molar refractivity (Wildman–Crippen MR) is 120 cm³/mol. The van der Waals surface area contributed by atoms with Crippen molar-refractivity contribution < 1.29 is 28.1 Å². The first-order valence-corrected chi connectivity index (χ1v) is 9.68. The van der Waals surface area contributed by atoms with Crippen LogP contribution in [0.1, 0.15) is 11.1 Å². The van der Waals surface area contributed by atoms with Gasteiger partial charge in [-0.1, -0.05) is 30.4 Å². The summed E-state index contributed by atoms with van der Waals surface area (Å²) in [6.07, 6.45) is 3.31. The van der Waals surface area contributed by atoms with E-state index in [1.54, 1.807) is 48.1 Å². The fourth-order valence-corrected chi connectivity index (χ4v) is 3.21. The molecule has 32 heavy (non-hydrogen) atoms. The summed E-state index contributed by atoms with van der Waals surface area (Å²) >= 11 is 5.49. The van der Waals surface area contributed by atoms with Gasteiger partial charge in [0.25, 0.3) is 11.4 Å². The van der Waals surface area contributed by atoms with E-state index in [-0.39, 0.29) is 33.4 Å². The lowest BCUT2D eigenvalue weighted by atomic mass is 10.1. The number of aryl methyl sites for hydroxylation is 1. The molecule has 2 aromatic carbocycles. The van der Waals surface area contributed by atoms with E-state index in [4.69, 9.17) is 12.2 Å². The molecule has 3 aromatic rings. The third kappa shape index (κ3) is 5.41. The van der Waals surface area contributed by atoms with Crippen molar-refractivity contribution >= 4 is 40.0 Å². The van der Waals surface area contributed by atoms with Crippen molar-refractivity contribution in [1.29, 1.82) is 0 Å². The first-order valence-electron chi connectivity index (χ1n) is 9.28. The number of anilines is 1. The zero-order chi connectivity index (χ0) is 23.3. The van der Waals surface area contributed by atoms with Crippen LogP contribution in [-0.4, -0.2) is 21.6 Å². The first kappa shape index (κ1) is 22.8. The Kier molecular flexibility index (Phi) is 7.06. The highest BCUT2D eigenvalue weighted by Crippen LogP contribution is 2.26. The molecule has 0 saturated carbocycles. The number of thiocarbonyl (C=S) groups is 1. The quantitative estimate of drug-likeness (QED) is 0.128. The Morgan fingerprint density at radius 1 is 1.16 bits per heavy atom. The predicted octanol–water partition coefficient (Wildman–Crippen LogP) is 5.12. The van der Waals surface area contributed by atoms with Gasteiger partial charge in [-0.3, -0.25) is 10.1 Å². The maximum absolute atomic E-state index is 12.3.